The van der Waals surface area contributed by atoms with Gasteiger partial charge in [0.2, 0.25) is 0 Å². The highest BCUT2D eigenvalue weighted by Crippen LogP contribution is 2.32. The molecule has 1 aliphatic rings. The van der Waals surface area contributed by atoms with Crippen LogP contribution in [0.15, 0.2) is 78.9 Å². The van der Waals surface area contributed by atoms with Gasteiger partial charge in [0.15, 0.2) is 11.5 Å². The van der Waals surface area contributed by atoms with Crippen LogP contribution in [0.25, 0.3) is 0 Å². The van der Waals surface area contributed by atoms with Crippen LogP contribution >= 0.6 is 0 Å². The van der Waals surface area contributed by atoms with E-state index in [0.29, 0.717) is 13.3 Å². The third kappa shape index (κ3) is 5.27. The lowest BCUT2D eigenvalue weighted by molar-refractivity contribution is 0.0545. The molecule has 162 valence electrons. The topological polar surface area (TPSA) is 30.9 Å². The van der Waals surface area contributed by atoms with Crippen molar-refractivity contribution in [1.82, 2.24) is 4.90 Å². The van der Waals surface area contributed by atoms with Gasteiger partial charge in [-0.05, 0) is 35.2 Å². The fraction of sp³-hybridized carbons (Fsp3) is 0.333. The van der Waals surface area contributed by atoms with E-state index in [4.69, 9.17) is 14.2 Å². The van der Waals surface area contributed by atoms with Gasteiger partial charge in [-0.2, -0.15) is 0 Å². The molecule has 0 aromatic heterocycles. The molecule has 31 heavy (non-hydrogen) atoms. The molecule has 3 aromatic carbocycles. The summed E-state index contributed by atoms with van der Waals surface area (Å²) in [4.78, 5) is 2.38. The van der Waals surface area contributed by atoms with Gasteiger partial charge in [-0.1, -0.05) is 80.1 Å². The maximum atomic E-state index is 6.11. The van der Waals surface area contributed by atoms with Gasteiger partial charge in [0, 0.05) is 6.54 Å². The van der Waals surface area contributed by atoms with Crippen molar-refractivity contribution in [3.63, 3.8) is 0 Å². The molecule has 0 aliphatic carbocycles. The third-order valence-electron chi connectivity index (χ3n) is 5.70. The molecule has 4 nitrogen and oxygen atoms in total. The lowest BCUT2D eigenvalue weighted by Crippen LogP contribution is -2.30. The van der Waals surface area contributed by atoms with Gasteiger partial charge in [0.05, 0.1) is 13.2 Å². The summed E-state index contributed by atoms with van der Waals surface area (Å²) in [5, 5.41) is 0. The summed E-state index contributed by atoms with van der Waals surface area (Å²) in [5.41, 5.74) is 3.81. The summed E-state index contributed by atoms with van der Waals surface area (Å²) < 4.78 is 17.8. The Labute approximate surface area is 185 Å². The fourth-order valence-corrected chi connectivity index (χ4v) is 4.19. The first-order valence-electron chi connectivity index (χ1n) is 11.0. The van der Waals surface area contributed by atoms with E-state index in [2.05, 4.69) is 84.6 Å². The monoisotopic (exact) mass is 417 g/mol. The molecule has 1 fully saturated rings. The molecule has 1 aliphatic heterocycles. The third-order valence-corrected chi connectivity index (χ3v) is 5.70. The van der Waals surface area contributed by atoms with E-state index in [1.807, 2.05) is 6.07 Å². The van der Waals surface area contributed by atoms with E-state index in [1.165, 1.54) is 16.7 Å². The largest absolute Gasteiger partial charge is 0.493 e. The second-order valence-electron chi connectivity index (χ2n) is 7.96. The van der Waals surface area contributed by atoms with Crippen LogP contribution in [-0.2, 0) is 11.2 Å². The molecule has 0 saturated carbocycles. The molecule has 0 N–H and O–H groups in total. The molecule has 3 aromatic rings. The Hall–Kier alpha value is -2.82. The Kier molecular flexibility index (Phi) is 7.23. The zero-order chi connectivity index (χ0) is 21.5. The lowest BCUT2D eigenvalue weighted by Gasteiger charge is -2.27. The Morgan fingerprint density at radius 3 is 2.23 bits per heavy atom. The highest BCUT2D eigenvalue weighted by molar-refractivity contribution is 5.43. The van der Waals surface area contributed by atoms with Crippen molar-refractivity contribution in [1.29, 1.82) is 0 Å². The molecule has 4 heteroatoms. The molecule has 0 spiro atoms. The number of hydrogen-bond acceptors (Lipinski definition) is 4. The first-order chi connectivity index (χ1) is 15.3. The van der Waals surface area contributed by atoms with Crippen molar-refractivity contribution in [2.75, 3.05) is 27.0 Å². The number of hydrogen-bond donors (Lipinski definition) is 0. The van der Waals surface area contributed by atoms with Crippen LogP contribution in [0, 0.1) is 0 Å². The van der Waals surface area contributed by atoms with Crippen molar-refractivity contribution in [2.45, 2.75) is 31.9 Å². The molecular formula is C27H31NO3. The van der Waals surface area contributed by atoms with Crippen molar-refractivity contribution in [2.24, 2.45) is 0 Å². The molecule has 0 bridgehead atoms. The standard InChI is InChI=1S/C27H31NO3/c1-3-10-21-15-16-25(26(17-21)29-2)30-19-24-18-28(20-31-24)27(22-11-6-4-7-12-22)23-13-8-5-9-14-23/h4-9,11-17,24,27H,3,10,18-20H2,1-2H3. The Morgan fingerprint density at radius 2 is 1.61 bits per heavy atom. The molecule has 1 atom stereocenters. The van der Waals surface area contributed by atoms with Crippen LogP contribution in [0.5, 0.6) is 11.5 Å². The number of benzene rings is 3. The minimum Gasteiger partial charge on any atom is -0.493 e. The molecule has 4 rings (SSSR count). The van der Waals surface area contributed by atoms with Gasteiger partial charge in [-0.25, -0.2) is 0 Å². The number of rotatable bonds is 9. The van der Waals surface area contributed by atoms with E-state index in [9.17, 15) is 0 Å². The molecule has 1 heterocycles. The lowest BCUT2D eigenvalue weighted by atomic mass is 9.97. The minimum absolute atomic E-state index is 0.00921. The number of methoxy groups -OCH3 is 1. The summed E-state index contributed by atoms with van der Waals surface area (Å²) in [6, 6.07) is 27.6. The zero-order valence-corrected chi connectivity index (χ0v) is 18.4. The zero-order valence-electron chi connectivity index (χ0n) is 18.4. The Balaban J connectivity index is 1.43. The van der Waals surface area contributed by atoms with Crippen LogP contribution in [-0.4, -0.2) is 38.0 Å². The van der Waals surface area contributed by atoms with Gasteiger partial charge >= 0.3 is 0 Å². The minimum atomic E-state index is 0.00921. The molecule has 1 saturated heterocycles. The van der Waals surface area contributed by atoms with Gasteiger partial charge in [-0.15, -0.1) is 0 Å². The average molecular weight is 418 g/mol. The maximum absolute atomic E-state index is 6.11. The first kappa shape index (κ1) is 21.4. The normalized spacial score (nSPS) is 16.5. The second-order valence-corrected chi connectivity index (χ2v) is 7.96. The quantitative estimate of drug-likeness (QED) is 0.462. The van der Waals surface area contributed by atoms with E-state index >= 15 is 0 Å². The summed E-state index contributed by atoms with van der Waals surface area (Å²) in [7, 11) is 1.69. The summed E-state index contributed by atoms with van der Waals surface area (Å²) in [6.45, 7) is 4.06. The molecule has 0 radical (unpaired) electrons. The van der Waals surface area contributed by atoms with E-state index in [-0.39, 0.29) is 12.1 Å². The predicted octanol–water partition coefficient (Wildman–Crippen LogP) is 5.47. The van der Waals surface area contributed by atoms with E-state index in [1.54, 1.807) is 7.11 Å². The number of ether oxygens (including phenoxy) is 3. The van der Waals surface area contributed by atoms with Crippen LogP contribution in [0.1, 0.15) is 36.1 Å². The first-order valence-corrected chi connectivity index (χ1v) is 11.0. The van der Waals surface area contributed by atoms with Crippen LogP contribution in [0.3, 0.4) is 0 Å². The average Bonchev–Trinajstić information content (AvgIpc) is 3.28. The van der Waals surface area contributed by atoms with Crippen molar-refractivity contribution in [3.05, 3.63) is 95.6 Å². The van der Waals surface area contributed by atoms with E-state index in [0.717, 1.165) is 30.9 Å². The van der Waals surface area contributed by atoms with Crippen LogP contribution < -0.4 is 9.47 Å². The number of aryl methyl sites for hydroxylation is 1. The smallest absolute Gasteiger partial charge is 0.161 e. The summed E-state index contributed by atoms with van der Waals surface area (Å²) in [6.07, 6.45) is 2.16. The highest BCUT2D eigenvalue weighted by atomic mass is 16.6. The number of nitrogens with zero attached hydrogens (tertiary/aromatic N) is 1. The second kappa shape index (κ2) is 10.5. The predicted molar refractivity (Wildman–Crippen MR) is 124 cm³/mol. The van der Waals surface area contributed by atoms with Crippen molar-refractivity contribution >= 4 is 0 Å². The highest BCUT2D eigenvalue weighted by Gasteiger charge is 2.31. The molecule has 0 amide bonds. The van der Waals surface area contributed by atoms with Crippen LogP contribution in [0.2, 0.25) is 0 Å². The van der Waals surface area contributed by atoms with Crippen molar-refractivity contribution in [3.8, 4) is 11.5 Å². The molecule has 1 unspecified atom stereocenters. The van der Waals surface area contributed by atoms with E-state index < -0.39 is 0 Å². The van der Waals surface area contributed by atoms with Gasteiger partial charge in [0.1, 0.15) is 19.4 Å². The van der Waals surface area contributed by atoms with Crippen molar-refractivity contribution < 1.29 is 14.2 Å². The van der Waals surface area contributed by atoms with Gasteiger partial charge in [-0.3, -0.25) is 4.90 Å². The summed E-state index contributed by atoms with van der Waals surface area (Å²) in [5.74, 6) is 1.55. The molecular weight excluding hydrogens is 386 g/mol. The maximum Gasteiger partial charge on any atom is 0.161 e. The fourth-order valence-electron chi connectivity index (χ4n) is 4.19. The van der Waals surface area contributed by atoms with Crippen LogP contribution in [0.4, 0.5) is 0 Å². The Morgan fingerprint density at radius 1 is 0.935 bits per heavy atom. The SMILES string of the molecule is CCCc1ccc(OCC2CN(C(c3ccccc3)c3ccccc3)CO2)c(OC)c1. The summed E-state index contributed by atoms with van der Waals surface area (Å²) >= 11 is 0. The Bertz CT molecular complexity index is 906. The van der Waals surface area contributed by atoms with Gasteiger partial charge in [0.25, 0.3) is 0 Å². The van der Waals surface area contributed by atoms with Gasteiger partial charge < -0.3 is 14.2 Å².